The molecule has 0 amide bonds. The van der Waals surface area contributed by atoms with Crippen molar-refractivity contribution in [3.63, 3.8) is 0 Å². The molecular weight excluding hydrogens is 547 g/mol. The third-order valence-electron chi connectivity index (χ3n) is 1.33. The molecule has 0 unspecified atom stereocenters. The zero-order valence-corrected chi connectivity index (χ0v) is 16.0. The summed E-state index contributed by atoms with van der Waals surface area (Å²) in [5, 5.41) is -0.735. The van der Waals surface area contributed by atoms with Gasteiger partial charge >= 0.3 is 0 Å². The Hall–Kier alpha value is 2.54. The van der Waals surface area contributed by atoms with Crippen molar-refractivity contribution in [2.75, 3.05) is 6.61 Å². The van der Waals surface area contributed by atoms with E-state index in [-0.39, 0.29) is 7.85 Å². The first kappa shape index (κ1) is 18.5. The Bertz CT molecular complexity index is 264. The SMILES string of the molecule is CC(I)(I)CC(Cl)(Cl)C(Cl)(Cl)OCC(=O)Cl. The summed E-state index contributed by atoms with van der Waals surface area (Å²) >= 11 is 33.1. The van der Waals surface area contributed by atoms with E-state index in [0.29, 0.717) is 0 Å². The van der Waals surface area contributed by atoms with Crippen LogP contribution in [-0.2, 0) is 9.53 Å². The van der Waals surface area contributed by atoms with Crippen LogP contribution in [-0.4, -0.2) is 22.1 Å². The summed E-state index contributed by atoms with van der Waals surface area (Å²) in [5.74, 6) is 0. The molecule has 0 aliphatic heterocycles. The fraction of sp³-hybridized carbons (Fsp3) is 0.857. The number of ether oxygens (including phenoxy) is 1. The largest absolute Gasteiger partial charge is 0.335 e. The molecule has 0 rings (SSSR count). The molecule has 96 valence electrons. The summed E-state index contributed by atoms with van der Waals surface area (Å²) in [7, 11) is 0. The standard InChI is InChI=1S/C7H7Cl5I2O2/c1-5(13,14)3-6(9,10)7(11,12)16-2-4(8)15/h2-3H2,1H3. The molecule has 0 aromatic rings. The van der Waals surface area contributed by atoms with E-state index in [9.17, 15) is 4.79 Å². The van der Waals surface area contributed by atoms with Gasteiger partial charge in [-0.25, -0.2) is 0 Å². The number of hydrogen-bond acceptors (Lipinski definition) is 2. The molecule has 0 saturated carbocycles. The van der Waals surface area contributed by atoms with E-state index in [4.69, 9.17) is 62.7 Å². The highest BCUT2D eigenvalue weighted by Gasteiger charge is 2.51. The molecule has 0 N–H and O–H groups in total. The second kappa shape index (κ2) is 6.81. The van der Waals surface area contributed by atoms with Crippen molar-refractivity contribution in [2.45, 2.75) is 23.6 Å². The van der Waals surface area contributed by atoms with Gasteiger partial charge in [-0.2, -0.15) is 0 Å². The van der Waals surface area contributed by atoms with Gasteiger partial charge in [-0.15, -0.1) is 0 Å². The number of rotatable bonds is 6. The van der Waals surface area contributed by atoms with E-state index in [1.165, 1.54) is 0 Å². The molecule has 0 radical (unpaired) electrons. The number of hydrogen-bond donors (Lipinski definition) is 0. The van der Waals surface area contributed by atoms with Crippen LogP contribution in [0, 0.1) is 0 Å². The van der Waals surface area contributed by atoms with Crippen molar-refractivity contribution in [3.8, 4) is 0 Å². The molecule has 9 heteroatoms. The van der Waals surface area contributed by atoms with Crippen LogP contribution in [0.25, 0.3) is 0 Å². The van der Waals surface area contributed by atoms with Crippen LogP contribution in [0.15, 0.2) is 0 Å². The smallest absolute Gasteiger partial charge is 0.251 e. The van der Waals surface area contributed by atoms with E-state index < -0.39 is 20.7 Å². The van der Waals surface area contributed by atoms with Crippen LogP contribution < -0.4 is 0 Å². The van der Waals surface area contributed by atoms with Crippen LogP contribution in [0.3, 0.4) is 0 Å². The first-order chi connectivity index (χ1) is 6.87. The zero-order chi connectivity index (χ0) is 13.2. The van der Waals surface area contributed by atoms with Gasteiger partial charge < -0.3 is 4.74 Å². The topological polar surface area (TPSA) is 26.3 Å². The highest BCUT2D eigenvalue weighted by molar-refractivity contribution is 14.2. The first-order valence-corrected chi connectivity index (χ1v) is 7.88. The van der Waals surface area contributed by atoms with Crippen molar-refractivity contribution in [2.24, 2.45) is 0 Å². The van der Waals surface area contributed by atoms with Gasteiger partial charge in [0.1, 0.15) is 6.61 Å². The van der Waals surface area contributed by atoms with Gasteiger partial charge in [0.25, 0.3) is 4.52 Å². The maximum atomic E-state index is 10.5. The van der Waals surface area contributed by atoms with Gasteiger partial charge in [-0.3, -0.25) is 4.79 Å². The van der Waals surface area contributed by atoms with Crippen LogP contribution in [0.2, 0.25) is 0 Å². The van der Waals surface area contributed by atoms with E-state index in [1.54, 1.807) is 0 Å². The fourth-order valence-corrected chi connectivity index (χ4v) is 3.73. The molecule has 0 aromatic carbocycles. The Morgan fingerprint density at radius 1 is 1.25 bits per heavy atom. The minimum atomic E-state index is -1.90. The second-order valence-corrected chi connectivity index (χ2v) is 13.1. The number of carbonyl (C=O) groups excluding carboxylic acids is 1. The maximum absolute atomic E-state index is 10.5. The normalized spacial score (nSPS) is 14.0. The minimum Gasteiger partial charge on any atom is -0.335 e. The summed E-state index contributed by atoms with van der Waals surface area (Å²) in [5.41, 5.74) is 0. The quantitative estimate of drug-likeness (QED) is 0.261. The lowest BCUT2D eigenvalue weighted by atomic mass is 10.2. The first-order valence-electron chi connectivity index (χ1n) is 3.83. The van der Waals surface area contributed by atoms with Gasteiger partial charge in [-0.1, -0.05) is 91.6 Å². The van der Waals surface area contributed by atoms with Crippen molar-refractivity contribution >= 4 is 108 Å². The maximum Gasteiger partial charge on any atom is 0.251 e. The minimum absolute atomic E-state index is 0.258. The molecule has 0 aromatic heterocycles. The van der Waals surface area contributed by atoms with Gasteiger partial charge in [0.2, 0.25) is 5.24 Å². The Kier molecular flexibility index (Phi) is 7.89. The molecular formula is C7H7Cl5I2O2. The number of carbonyl (C=O) groups is 1. The molecule has 0 spiro atoms. The van der Waals surface area contributed by atoms with Crippen molar-refractivity contribution in [1.29, 1.82) is 0 Å². The third-order valence-corrected chi connectivity index (χ3v) is 4.25. The van der Waals surface area contributed by atoms with Gasteiger partial charge in [0.15, 0.2) is 4.33 Å². The van der Waals surface area contributed by atoms with Crippen molar-refractivity contribution < 1.29 is 9.53 Å². The average molecular weight is 554 g/mol. The zero-order valence-electron chi connectivity index (χ0n) is 7.88. The lowest BCUT2D eigenvalue weighted by Crippen LogP contribution is -2.42. The van der Waals surface area contributed by atoms with Gasteiger partial charge in [0, 0.05) is 6.42 Å². The van der Waals surface area contributed by atoms with E-state index in [2.05, 4.69) is 45.2 Å². The number of alkyl halides is 6. The fourth-order valence-electron chi connectivity index (χ4n) is 0.746. The number of halogens is 7. The monoisotopic (exact) mass is 552 g/mol. The molecule has 0 atom stereocenters. The molecule has 0 aliphatic rings. The highest BCUT2D eigenvalue weighted by atomic mass is 127. The Balaban J connectivity index is 4.63. The Labute approximate surface area is 146 Å². The van der Waals surface area contributed by atoms with Gasteiger partial charge in [-0.05, 0) is 18.5 Å². The summed E-state index contributed by atoms with van der Waals surface area (Å²) in [6.07, 6.45) is 0.258. The summed E-state index contributed by atoms with van der Waals surface area (Å²) < 4.78 is 1.16. The second-order valence-electron chi connectivity index (χ2n) is 3.11. The van der Waals surface area contributed by atoms with E-state index in [1.807, 2.05) is 6.92 Å². The molecule has 0 bridgehead atoms. The summed E-state index contributed by atoms with van der Waals surface area (Å²) in [4.78, 5) is 10.5. The summed E-state index contributed by atoms with van der Waals surface area (Å²) in [6, 6.07) is 0. The summed E-state index contributed by atoms with van der Waals surface area (Å²) in [6.45, 7) is 1.43. The van der Waals surface area contributed by atoms with Crippen LogP contribution in [0.5, 0.6) is 0 Å². The van der Waals surface area contributed by atoms with Crippen LogP contribution in [0.1, 0.15) is 13.3 Å². The average Bonchev–Trinajstić information content (AvgIpc) is 1.95. The molecule has 16 heavy (non-hydrogen) atoms. The highest BCUT2D eigenvalue weighted by Crippen LogP contribution is 2.51. The molecule has 0 saturated heterocycles. The van der Waals surface area contributed by atoms with Crippen LogP contribution in [0.4, 0.5) is 0 Å². The van der Waals surface area contributed by atoms with E-state index >= 15 is 0 Å². The Morgan fingerprint density at radius 2 is 1.69 bits per heavy atom. The lowest BCUT2D eigenvalue weighted by molar-refractivity contribution is -0.117. The molecule has 0 fully saturated rings. The molecule has 0 aliphatic carbocycles. The van der Waals surface area contributed by atoms with Gasteiger partial charge in [0.05, 0.1) is 1.43 Å². The predicted molar refractivity (Wildman–Crippen MR) is 86.7 cm³/mol. The Morgan fingerprint density at radius 3 is 2.00 bits per heavy atom. The van der Waals surface area contributed by atoms with Crippen molar-refractivity contribution in [1.82, 2.24) is 0 Å². The predicted octanol–water partition coefficient (Wildman–Crippen LogP) is 5.05. The van der Waals surface area contributed by atoms with Crippen molar-refractivity contribution in [3.05, 3.63) is 0 Å². The lowest BCUT2D eigenvalue weighted by Gasteiger charge is -2.35. The van der Waals surface area contributed by atoms with E-state index in [0.717, 1.165) is 0 Å². The molecule has 2 nitrogen and oxygen atoms in total. The molecule has 0 heterocycles. The van der Waals surface area contributed by atoms with Crippen LogP contribution >= 0.6 is 103 Å². The third kappa shape index (κ3) is 7.21.